The minimum atomic E-state index is -0.721. The van der Waals surface area contributed by atoms with E-state index in [9.17, 15) is 9.90 Å². The van der Waals surface area contributed by atoms with Crippen LogP contribution in [0.25, 0.3) is 0 Å². The first-order valence-electron chi connectivity index (χ1n) is 8.07. The fourth-order valence-electron chi connectivity index (χ4n) is 3.11. The number of carbonyl (C=O) groups excluding carboxylic acids is 1. The Kier molecular flexibility index (Phi) is 5.12. The highest BCUT2D eigenvalue weighted by atomic mass is 16.6. The summed E-state index contributed by atoms with van der Waals surface area (Å²) in [5, 5.41) is 13.8. The van der Waals surface area contributed by atoms with Gasteiger partial charge in [-0.2, -0.15) is 0 Å². The predicted octanol–water partition coefficient (Wildman–Crippen LogP) is 3.95. The third-order valence-electron chi connectivity index (χ3n) is 4.13. The molecule has 1 aromatic rings. The molecule has 1 fully saturated rings. The molecule has 22 heavy (non-hydrogen) atoms. The Morgan fingerprint density at radius 3 is 2.32 bits per heavy atom. The van der Waals surface area contributed by atoms with Gasteiger partial charge in [0.25, 0.3) is 0 Å². The number of aliphatic hydroxyl groups is 1. The fourth-order valence-corrected chi connectivity index (χ4v) is 3.11. The molecule has 0 aliphatic heterocycles. The van der Waals surface area contributed by atoms with Crippen molar-refractivity contribution < 1.29 is 14.6 Å². The van der Waals surface area contributed by atoms with Gasteiger partial charge in [0.1, 0.15) is 11.7 Å². The van der Waals surface area contributed by atoms with E-state index >= 15 is 0 Å². The average Bonchev–Trinajstić information content (AvgIpc) is 2.46. The predicted molar refractivity (Wildman–Crippen MR) is 86.6 cm³/mol. The lowest BCUT2D eigenvalue weighted by Gasteiger charge is -2.42. The zero-order valence-electron chi connectivity index (χ0n) is 13.8. The lowest BCUT2D eigenvalue weighted by Crippen LogP contribution is -2.55. The third-order valence-corrected chi connectivity index (χ3v) is 4.13. The second-order valence-corrected chi connectivity index (χ2v) is 7.16. The molecular formula is C18H27NO3. The van der Waals surface area contributed by atoms with Gasteiger partial charge in [-0.25, -0.2) is 4.79 Å². The Morgan fingerprint density at radius 1 is 1.18 bits per heavy atom. The van der Waals surface area contributed by atoms with Crippen LogP contribution in [0.5, 0.6) is 0 Å². The van der Waals surface area contributed by atoms with Crippen molar-refractivity contribution in [3.8, 4) is 0 Å². The van der Waals surface area contributed by atoms with Crippen LogP contribution in [0.3, 0.4) is 0 Å². The lowest BCUT2D eigenvalue weighted by molar-refractivity contribution is 0.00692. The maximum atomic E-state index is 12.2. The largest absolute Gasteiger partial charge is 0.444 e. The number of alkyl carbamates (subject to hydrolysis) is 1. The smallest absolute Gasteiger partial charge is 0.408 e. The molecule has 0 radical (unpaired) electrons. The molecule has 1 aliphatic rings. The molecule has 4 nitrogen and oxygen atoms in total. The van der Waals surface area contributed by atoms with E-state index in [0.717, 1.165) is 37.7 Å². The van der Waals surface area contributed by atoms with Crippen LogP contribution in [0, 0.1) is 0 Å². The van der Waals surface area contributed by atoms with Crippen molar-refractivity contribution in [1.82, 2.24) is 5.32 Å². The van der Waals surface area contributed by atoms with Crippen LogP contribution in [0.15, 0.2) is 30.3 Å². The molecule has 1 aliphatic carbocycles. The average molecular weight is 305 g/mol. The molecule has 0 bridgehead atoms. The number of benzene rings is 1. The van der Waals surface area contributed by atoms with E-state index in [4.69, 9.17) is 4.74 Å². The molecule has 1 unspecified atom stereocenters. The van der Waals surface area contributed by atoms with Gasteiger partial charge >= 0.3 is 6.09 Å². The second kappa shape index (κ2) is 6.69. The van der Waals surface area contributed by atoms with E-state index in [1.807, 2.05) is 51.1 Å². The van der Waals surface area contributed by atoms with Crippen LogP contribution in [-0.2, 0) is 4.74 Å². The maximum absolute atomic E-state index is 12.2. The molecule has 0 heterocycles. The van der Waals surface area contributed by atoms with Crippen molar-refractivity contribution in [2.45, 2.75) is 70.1 Å². The number of ether oxygens (including phenoxy) is 1. The van der Waals surface area contributed by atoms with E-state index in [2.05, 4.69) is 5.32 Å². The normalized spacial score (nSPS) is 19.3. The SMILES string of the molecule is CC(C)(C)OC(=O)NC1(C(O)c2ccccc2)CCCCC1. The standard InChI is InChI=1S/C18H27NO3/c1-17(2,3)22-16(21)19-18(12-8-5-9-13-18)15(20)14-10-6-4-7-11-14/h4,6-7,10-11,15,20H,5,8-9,12-13H2,1-3H3,(H,19,21). The van der Waals surface area contributed by atoms with Gasteiger partial charge < -0.3 is 15.2 Å². The number of rotatable bonds is 3. The molecule has 4 heteroatoms. The van der Waals surface area contributed by atoms with Gasteiger partial charge in [-0.15, -0.1) is 0 Å². The first-order valence-corrected chi connectivity index (χ1v) is 8.07. The minimum absolute atomic E-state index is 0.454. The number of nitrogens with one attached hydrogen (secondary N) is 1. The maximum Gasteiger partial charge on any atom is 0.408 e. The highest BCUT2D eigenvalue weighted by molar-refractivity contribution is 5.69. The van der Waals surface area contributed by atoms with Crippen LogP contribution in [0.1, 0.15) is 64.5 Å². The van der Waals surface area contributed by atoms with E-state index in [1.165, 1.54) is 0 Å². The van der Waals surface area contributed by atoms with Gasteiger partial charge in [-0.3, -0.25) is 0 Å². The zero-order chi connectivity index (χ0) is 16.2. The molecule has 1 aromatic carbocycles. The molecular weight excluding hydrogens is 278 g/mol. The highest BCUT2D eigenvalue weighted by Crippen LogP contribution is 2.38. The Bertz CT molecular complexity index is 487. The Morgan fingerprint density at radius 2 is 1.77 bits per heavy atom. The topological polar surface area (TPSA) is 58.6 Å². The van der Waals surface area contributed by atoms with Crippen molar-refractivity contribution in [2.24, 2.45) is 0 Å². The van der Waals surface area contributed by atoms with Crippen molar-refractivity contribution >= 4 is 6.09 Å². The monoisotopic (exact) mass is 305 g/mol. The number of hydrogen-bond donors (Lipinski definition) is 2. The highest BCUT2D eigenvalue weighted by Gasteiger charge is 2.42. The summed E-state index contributed by atoms with van der Waals surface area (Å²) in [6.45, 7) is 5.52. The molecule has 1 saturated carbocycles. The molecule has 2 N–H and O–H groups in total. The molecule has 0 spiro atoms. The fraction of sp³-hybridized carbons (Fsp3) is 0.611. The molecule has 1 amide bonds. The summed E-state index contributed by atoms with van der Waals surface area (Å²) < 4.78 is 5.39. The summed E-state index contributed by atoms with van der Waals surface area (Å²) in [7, 11) is 0. The van der Waals surface area contributed by atoms with E-state index < -0.39 is 23.3 Å². The second-order valence-electron chi connectivity index (χ2n) is 7.16. The summed E-state index contributed by atoms with van der Waals surface area (Å²) in [5.41, 5.74) is -0.347. The van der Waals surface area contributed by atoms with Gasteiger partial charge in [0.15, 0.2) is 0 Å². The summed E-state index contributed by atoms with van der Waals surface area (Å²) in [6.07, 6.45) is 3.49. The third kappa shape index (κ3) is 4.23. The van der Waals surface area contributed by atoms with Crippen molar-refractivity contribution in [3.63, 3.8) is 0 Å². The van der Waals surface area contributed by atoms with Gasteiger partial charge in [0.05, 0.1) is 5.54 Å². The van der Waals surface area contributed by atoms with Crippen LogP contribution >= 0.6 is 0 Å². The number of hydrogen-bond acceptors (Lipinski definition) is 3. The van der Waals surface area contributed by atoms with Gasteiger partial charge in [0.2, 0.25) is 0 Å². The van der Waals surface area contributed by atoms with Crippen molar-refractivity contribution in [3.05, 3.63) is 35.9 Å². The Hall–Kier alpha value is -1.55. The van der Waals surface area contributed by atoms with Gasteiger partial charge in [0, 0.05) is 0 Å². The summed E-state index contributed by atoms with van der Waals surface area (Å²) in [6, 6.07) is 9.53. The lowest BCUT2D eigenvalue weighted by atomic mass is 9.75. The Labute approximate surface area is 132 Å². The van der Waals surface area contributed by atoms with E-state index in [1.54, 1.807) is 0 Å². The molecule has 122 valence electrons. The Balaban J connectivity index is 2.19. The van der Waals surface area contributed by atoms with Gasteiger partial charge in [-0.1, -0.05) is 49.6 Å². The number of carbonyl (C=O) groups is 1. The van der Waals surface area contributed by atoms with E-state index in [-0.39, 0.29) is 0 Å². The van der Waals surface area contributed by atoms with Crippen LogP contribution < -0.4 is 5.32 Å². The van der Waals surface area contributed by atoms with Crippen LogP contribution in [0.2, 0.25) is 0 Å². The summed E-state index contributed by atoms with van der Waals surface area (Å²) in [5.74, 6) is 0. The number of aliphatic hydroxyl groups excluding tert-OH is 1. The first-order chi connectivity index (χ1) is 10.3. The van der Waals surface area contributed by atoms with Crippen molar-refractivity contribution in [2.75, 3.05) is 0 Å². The number of amides is 1. The molecule has 0 aromatic heterocycles. The van der Waals surface area contributed by atoms with Crippen LogP contribution in [-0.4, -0.2) is 22.3 Å². The van der Waals surface area contributed by atoms with Gasteiger partial charge in [-0.05, 0) is 39.2 Å². The quantitative estimate of drug-likeness (QED) is 0.889. The molecule has 2 rings (SSSR count). The van der Waals surface area contributed by atoms with Crippen LogP contribution in [0.4, 0.5) is 4.79 Å². The minimum Gasteiger partial charge on any atom is -0.444 e. The zero-order valence-corrected chi connectivity index (χ0v) is 13.8. The summed E-state index contributed by atoms with van der Waals surface area (Å²) >= 11 is 0. The summed E-state index contributed by atoms with van der Waals surface area (Å²) in [4.78, 5) is 12.2. The molecule has 0 saturated heterocycles. The van der Waals surface area contributed by atoms with E-state index in [0.29, 0.717) is 0 Å². The van der Waals surface area contributed by atoms with Crippen molar-refractivity contribution in [1.29, 1.82) is 0 Å². The first kappa shape index (κ1) is 16.8. The molecule has 1 atom stereocenters.